The van der Waals surface area contributed by atoms with Crippen LogP contribution in [0.2, 0.25) is 0 Å². The van der Waals surface area contributed by atoms with E-state index in [-0.39, 0.29) is 0 Å². The first kappa shape index (κ1) is 12.3. The third kappa shape index (κ3) is 1.79. The van der Waals surface area contributed by atoms with E-state index in [4.69, 9.17) is 5.73 Å². The molecule has 1 aliphatic rings. The summed E-state index contributed by atoms with van der Waals surface area (Å²) in [6.45, 7) is 2.29. The predicted octanol–water partition coefficient (Wildman–Crippen LogP) is 4.73. The Morgan fingerprint density at radius 3 is 2.71 bits per heavy atom. The fourth-order valence-electron chi connectivity index (χ4n) is 3.39. The zero-order valence-corrected chi connectivity index (χ0v) is 12.1. The number of allylic oxidation sites excluding steroid dienone is 1. The predicted molar refractivity (Wildman–Crippen MR) is 89.8 cm³/mol. The van der Waals surface area contributed by atoms with Crippen molar-refractivity contribution in [1.82, 2.24) is 4.57 Å². The second-order valence-electron chi connectivity index (χ2n) is 5.79. The van der Waals surface area contributed by atoms with Crippen LogP contribution in [0.15, 0.2) is 54.6 Å². The van der Waals surface area contributed by atoms with E-state index in [9.17, 15) is 0 Å². The lowest BCUT2D eigenvalue weighted by molar-refractivity contribution is 0.773. The molecule has 4 rings (SSSR count). The summed E-state index contributed by atoms with van der Waals surface area (Å²) in [6, 6.07) is 16.8. The van der Waals surface area contributed by atoms with Gasteiger partial charge in [0.2, 0.25) is 0 Å². The minimum atomic E-state index is 0.527. The van der Waals surface area contributed by atoms with Gasteiger partial charge in [-0.1, -0.05) is 31.2 Å². The van der Waals surface area contributed by atoms with Crippen LogP contribution >= 0.6 is 0 Å². The fourth-order valence-corrected chi connectivity index (χ4v) is 3.39. The Balaban J connectivity index is 2.14. The lowest BCUT2D eigenvalue weighted by Crippen LogP contribution is -2.02. The number of nitrogen functional groups attached to an aromatic ring is 1. The molecule has 0 radical (unpaired) electrons. The number of aromatic nitrogens is 1. The first-order valence-corrected chi connectivity index (χ1v) is 7.41. The summed E-state index contributed by atoms with van der Waals surface area (Å²) in [4.78, 5) is 0. The quantitative estimate of drug-likeness (QED) is 0.639. The van der Waals surface area contributed by atoms with Gasteiger partial charge >= 0.3 is 0 Å². The van der Waals surface area contributed by atoms with E-state index in [0.29, 0.717) is 5.92 Å². The molecule has 3 aromatic rings. The average Bonchev–Trinajstić information content (AvgIpc) is 2.83. The SMILES string of the molecule is CC1CC=Cc2c1c1cc(N)ccc1n2-c1ccccc1. The van der Waals surface area contributed by atoms with E-state index in [1.54, 1.807) is 0 Å². The van der Waals surface area contributed by atoms with Crippen LogP contribution in [0.4, 0.5) is 5.69 Å². The van der Waals surface area contributed by atoms with Crippen LogP contribution in [0.1, 0.15) is 30.5 Å². The number of anilines is 1. The smallest absolute Gasteiger partial charge is 0.0539 e. The Morgan fingerprint density at radius 2 is 1.90 bits per heavy atom. The summed E-state index contributed by atoms with van der Waals surface area (Å²) in [6.07, 6.45) is 5.61. The molecule has 2 aromatic carbocycles. The van der Waals surface area contributed by atoms with Gasteiger partial charge < -0.3 is 10.3 Å². The van der Waals surface area contributed by atoms with Gasteiger partial charge in [-0.2, -0.15) is 0 Å². The summed E-state index contributed by atoms with van der Waals surface area (Å²) >= 11 is 0. The van der Waals surface area contributed by atoms with Gasteiger partial charge in [0.1, 0.15) is 0 Å². The van der Waals surface area contributed by atoms with Crippen molar-refractivity contribution in [2.75, 3.05) is 5.73 Å². The van der Waals surface area contributed by atoms with E-state index in [0.717, 1.165) is 12.1 Å². The number of fused-ring (bicyclic) bond motifs is 3. The Kier molecular flexibility index (Phi) is 2.64. The van der Waals surface area contributed by atoms with Crippen LogP contribution in [0.25, 0.3) is 22.7 Å². The molecule has 0 saturated heterocycles. The van der Waals surface area contributed by atoms with Gasteiger partial charge in [-0.3, -0.25) is 0 Å². The molecule has 0 bridgehead atoms. The van der Waals surface area contributed by atoms with Crippen LogP contribution in [0.5, 0.6) is 0 Å². The summed E-state index contributed by atoms with van der Waals surface area (Å²) < 4.78 is 2.34. The van der Waals surface area contributed by atoms with E-state index in [2.05, 4.69) is 66.1 Å². The Morgan fingerprint density at radius 1 is 1.10 bits per heavy atom. The van der Waals surface area contributed by atoms with Gasteiger partial charge in [0.25, 0.3) is 0 Å². The lowest BCUT2D eigenvalue weighted by atomic mass is 9.90. The molecule has 1 aromatic heterocycles. The maximum absolute atomic E-state index is 6.02. The Bertz CT molecular complexity index is 841. The summed E-state index contributed by atoms with van der Waals surface area (Å²) in [5.41, 5.74) is 12.0. The number of hydrogen-bond donors (Lipinski definition) is 1. The van der Waals surface area contributed by atoms with Crippen molar-refractivity contribution in [2.24, 2.45) is 0 Å². The first-order valence-electron chi connectivity index (χ1n) is 7.41. The molecule has 2 heteroatoms. The number of nitrogens with two attached hydrogens (primary N) is 1. The molecular formula is C19H18N2. The maximum Gasteiger partial charge on any atom is 0.0539 e. The molecule has 1 atom stereocenters. The fraction of sp³-hybridized carbons (Fsp3) is 0.158. The minimum Gasteiger partial charge on any atom is -0.399 e. The van der Waals surface area contributed by atoms with Crippen molar-refractivity contribution in [2.45, 2.75) is 19.3 Å². The Labute approximate surface area is 124 Å². The molecule has 2 nitrogen and oxygen atoms in total. The van der Waals surface area contributed by atoms with Crippen molar-refractivity contribution in [3.63, 3.8) is 0 Å². The first-order chi connectivity index (χ1) is 10.3. The molecule has 1 unspecified atom stereocenters. The summed E-state index contributed by atoms with van der Waals surface area (Å²) in [5.74, 6) is 0.527. The van der Waals surface area contributed by atoms with Gasteiger partial charge in [-0.05, 0) is 54.3 Å². The van der Waals surface area contributed by atoms with Gasteiger partial charge in [-0.25, -0.2) is 0 Å². The molecule has 1 aliphatic carbocycles. The second kappa shape index (κ2) is 4.52. The molecule has 104 valence electrons. The standard InChI is InChI=1S/C19H18N2/c1-13-6-5-9-18-19(13)16-12-14(20)10-11-17(16)21(18)15-7-3-2-4-8-15/h2-5,7-13H,6,20H2,1H3. The average molecular weight is 274 g/mol. The van der Waals surface area contributed by atoms with Gasteiger partial charge in [0, 0.05) is 22.5 Å². The zero-order valence-electron chi connectivity index (χ0n) is 12.1. The highest BCUT2D eigenvalue weighted by molar-refractivity contribution is 5.93. The van der Waals surface area contributed by atoms with Crippen molar-refractivity contribution in [1.29, 1.82) is 0 Å². The third-order valence-corrected chi connectivity index (χ3v) is 4.34. The molecule has 0 amide bonds. The highest BCUT2D eigenvalue weighted by Crippen LogP contribution is 2.39. The monoisotopic (exact) mass is 274 g/mol. The van der Waals surface area contributed by atoms with Crippen LogP contribution in [-0.4, -0.2) is 4.57 Å². The van der Waals surface area contributed by atoms with E-state index in [1.165, 1.54) is 27.8 Å². The van der Waals surface area contributed by atoms with Crippen LogP contribution in [-0.2, 0) is 0 Å². The summed E-state index contributed by atoms with van der Waals surface area (Å²) in [7, 11) is 0. The Hall–Kier alpha value is -2.48. The molecule has 1 heterocycles. The van der Waals surface area contributed by atoms with Crippen molar-refractivity contribution < 1.29 is 0 Å². The maximum atomic E-state index is 6.02. The lowest BCUT2D eigenvalue weighted by Gasteiger charge is -2.16. The van der Waals surface area contributed by atoms with Crippen LogP contribution in [0.3, 0.4) is 0 Å². The van der Waals surface area contributed by atoms with Crippen LogP contribution < -0.4 is 5.73 Å². The normalized spacial score (nSPS) is 17.1. The minimum absolute atomic E-state index is 0.527. The van der Waals surface area contributed by atoms with Crippen molar-refractivity contribution in [3.8, 4) is 5.69 Å². The number of nitrogens with zero attached hydrogens (tertiary/aromatic N) is 1. The molecule has 0 aliphatic heterocycles. The molecule has 0 fully saturated rings. The number of hydrogen-bond acceptors (Lipinski definition) is 1. The number of para-hydroxylation sites is 1. The second-order valence-corrected chi connectivity index (χ2v) is 5.79. The number of rotatable bonds is 1. The highest BCUT2D eigenvalue weighted by atomic mass is 15.0. The molecule has 0 spiro atoms. The van der Waals surface area contributed by atoms with E-state index < -0.39 is 0 Å². The van der Waals surface area contributed by atoms with Crippen molar-refractivity contribution in [3.05, 3.63) is 65.9 Å². The van der Waals surface area contributed by atoms with Gasteiger partial charge in [0.15, 0.2) is 0 Å². The van der Waals surface area contributed by atoms with Gasteiger partial charge in [-0.15, -0.1) is 0 Å². The molecule has 21 heavy (non-hydrogen) atoms. The molecular weight excluding hydrogens is 256 g/mol. The number of benzene rings is 2. The van der Waals surface area contributed by atoms with Crippen molar-refractivity contribution >= 4 is 22.7 Å². The molecule has 0 saturated carbocycles. The zero-order chi connectivity index (χ0) is 14.4. The highest BCUT2D eigenvalue weighted by Gasteiger charge is 2.22. The van der Waals surface area contributed by atoms with E-state index in [1.807, 2.05) is 6.07 Å². The third-order valence-electron chi connectivity index (χ3n) is 4.34. The largest absolute Gasteiger partial charge is 0.399 e. The topological polar surface area (TPSA) is 30.9 Å². The van der Waals surface area contributed by atoms with E-state index >= 15 is 0 Å². The molecule has 2 N–H and O–H groups in total. The summed E-state index contributed by atoms with van der Waals surface area (Å²) in [5, 5.41) is 1.28. The van der Waals surface area contributed by atoms with Crippen LogP contribution in [0, 0.1) is 0 Å². The van der Waals surface area contributed by atoms with Gasteiger partial charge in [0.05, 0.1) is 5.52 Å².